The molecule has 2 rings (SSSR count). The normalized spacial score (nSPS) is 19.0. The van der Waals surface area contributed by atoms with Gasteiger partial charge in [-0.2, -0.15) is 0 Å². The highest BCUT2D eigenvalue weighted by Gasteiger charge is 2.27. The quantitative estimate of drug-likeness (QED) is 0.895. The fraction of sp³-hybridized carbons (Fsp3) is 0.733. The average molecular weight is 311 g/mol. The highest BCUT2D eigenvalue weighted by molar-refractivity contribution is 7.09. The van der Waals surface area contributed by atoms with Crippen LogP contribution in [0.3, 0.4) is 0 Å². The summed E-state index contributed by atoms with van der Waals surface area (Å²) in [6, 6.07) is -0.0883. The average Bonchev–Trinajstić information content (AvgIpc) is 3.06. The zero-order chi connectivity index (χ0) is 15.5. The lowest BCUT2D eigenvalue weighted by molar-refractivity contribution is 0.157. The molecule has 0 bridgehead atoms. The van der Waals surface area contributed by atoms with Crippen LogP contribution in [0.15, 0.2) is 5.38 Å². The first-order valence-corrected chi connectivity index (χ1v) is 8.40. The molecule has 0 radical (unpaired) electrons. The third-order valence-corrected chi connectivity index (χ3v) is 5.02. The number of carbonyl (C=O) groups is 1. The van der Waals surface area contributed by atoms with Gasteiger partial charge in [0, 0.05) is 30.3 Å². The summed E-state index contributed by atoms with van der Waals surface area (Å²) in [7, 11) is 0. The second-order valence-corrected chi connectivity index (χ2v) is 7.41. The maximum atomic E-state index is 12.1. The molecule has 1 unspecified atom stereocenters. The van der Waals surface area contributed by atoms with Gasteiger partial charge >= 0.3 is 6.03 Å². The van der Waals surface area contributed by atoms with Crippen molar-refractivity contribution in [3.05, 3.63) is 16.1 Å². The number of likely N-dealkylation sites (tertiary alicyclic amines) is 1. The van der Waals surface area contributed by atoms with Crippen molar-refractivity contribution in [3.63, 3.8) is 0 Å². The smallest absolute Gasteiger partial charge is 0.317 e. The summed E-state index contributed by atoms with van der Waals surface area (Å²) in [6.45, 7) is 7.83. The van der Waals surface area contributed by atoms with E-state index in [9.17, 15) is 9.90 Å². The largest absolute Gasteiger partial charge is 0.394 e. The van der Waals surface area contributed by atoms with Crippen LogP contribution in [-0.4, -0.2) is 46.8 Å². The lowest BCUT2D eigenvalue weighted by Gasteiger charge is -2.23. The van der Waals surface area contributed by atoms with Crippen LogP contribution in [0.5, 0.6) is 0 Å². The van der Waals surface area contributed by atoms with E-state index >= 15 is 0 Å². The van der Waals surface area contributed by atoms with E-state index in [1.165, 1.54) is 0 Å². The Morgan fingerprint density at radius 2 is 2.33 bits per heavy atom. The number of hydrogen-bond donors (Lipinski definition) is 2. The fourth-order valence-corrected chi connectivity index (χ4v) is 3.40. The molecule has 118 valence electrons. The number of aliphatic hydroxyl groups excluding tert-OH is 1. The molecule has 1 fully saturated rings. The van der Waals surface area contributed by atoms with Gasteiger partial charge in [0.25, 0.3) is 0 Å². The van der Waals surface area contributed by atoms with Gasteiger partial charge in [-0.05, 0) is 12.8 Å². The van der Waals surface area contributed by atoms with Crippen LogP contribution < -0.4 is 5.32 Å². The molecule has 5 nitrogen and oxygen atoms in total. The molecule has 1 aromatic heterocycles. The maximum Gasteiger partial charge on any atom is 0.317 e. The van der Waals surface area contributed by atoms with Crippen molar-refractivity contribution in [1.82, 2.24) is 15.2 Å². The molecular formula is C15H25N3O2S. The molecule has 6 heteroatoms. The lowest BCUT2D eigenvalue weighted by atomic mass is 9.98. The van der Waals surface area contributed by atoms with Crippen LogP contribution in [0, 0.1) is 0 Å². The first-order valence-electron chi connectivity index (χ1n) is 7.52. The van der Waals surface area contributed by atoms with E-state index in [0.717, 1.165) is 36.5 Å². The van der Waals surface area contributed by atoms with Gasteiger partial charge in [0.2, 0.25) is 0 Å². The molecular weight excluding hydrogens is 286 g/mol. The second-order valence-electron chi connectivity index (χ2n) is 6.55. The van der Waals surface area contributed by atoms with E-state index in [1.807, 2.05) is 0 Å². The Labute approximate surface area is 130 Å². The summed E-state index contributed by atoms with van der Waals surface area (Å²) in [5.41, 5.74) is 1.11. The number of aromatic nitrogens is 1. The van der Waals surface area contributed by atoms with Gasteiger partial charge in [0.05, 0.1) is 23.4 Å². The number of carbonyl (C=O) groups excluding carboxylic acids is 1. The van der Waals surface area contributed by atoms with Crippen molar-refractivity contribution in [2.45, 2.75) is 51.5 Å². The van der Waals surface area contributed by atoms with E-state index in [1.54, 1.807) is 16.2 Å². The van der Waals surface area contributed by atoms with Crippen LogP contribution >= 0.6 is 11.3 Å². The Morgan fingerprint density at radius 3 is 2.95 bits per heavy atom. The molecule has 2 amide bonds. The topological polar surface area (TPSA) is 65.5 Å². The SMILES string of the molecule is CC(C)(C)c1nc(CCNC(=O)N2CCCC2CO)cs1. The number of nitrogens with one attached hydrogen (secondary N) is 1. The molecule has 1 saturated heterocycles. The molecule has 2 N–H and O–H groups in total. The van der Waals surface area contributed by atoms with Gasteiger partial charge in [-0.15, -0.1) is 11.3 Å². The van der Waals surface area contributed by atoms with Gasteiger partial charge in [-0.3, -0.25) is 0 Å². The van der Waals surface area contributed by atoms with Crippen LogP contribution in [-0.2, 0) is 11.8 Å². The Morgan fingerprint density at radius 1 is 1.57 bits per heavy atom. The standard InChI is InChI=1S/C15H25N3O2S/c1-15(2,3)13-17-11(10-21-13)6-7-16-14(20)18-8-4-5-12(18)9-19/h10,12,19H,4-9H2,1-3H3,(H,16,20). The van der Waals surface area contributed by atoms with E-state index < -0.39 is 0 Å². The highest BCUT2D eigenvalue weighted by Crippen LogP contribution is 2.25. The predicted octanol–water partition coefficient (Wildman–Crippen LogP) is 2.15. The minimum atomic E-state index is -0.0715. The van der Waals surface area contributed by atoms with E-state index in [2.05, 4.69) is 36.5 Å². The summed E-state index contributed by atoms with van der Waals surface area (Å²) in [6.07, 6.45) is 2.61. The first kappa shape index (κ1) is 16.2. The number of urea groups is 1. The molecule has 21 heavy (non-hydrogen) atoms. The fourth-order valence-electron chi connectivity index (χ4n) is 2.46. The summed E-state index contributed by atoms with van der Waals surface area (Å²) in [5, 5.41) is 15.4. The molecule has 1 aromatic rings. The lowest BCUT2D eigenvalue weighted by Crippen LogP contribution is -2.44. The molecule has 1 aliphatic rings. The van der Waals surface area contributed by atoms with E-state index in [-0.39, 0.29) is 24.1 Å². The molecule has 2 heterocycles. The monoisotopic (exact) mass is 311 g/mol. The van der Waals surface area contributed by atoms with Crippen molar-refractivity contribution in [3.8, 4) is 0 Å². The zero-order valence-electron chi connectivity index (χ0n) is 13.1. The predicted molar refractivity (Wildman–Crippen MR) is 84.7 cm³/mol. The Balaban J connectivity index is 1.79. The third kappa shape index (κ3) is 4.17. The Bertz CT molecular complexity index is 482. The Kier molecular flexibility index (Phi) is 5.22. The van der Waals surface area contributed by atoms with Crippen molar-refractivity contribution < 1.29 is 9.90 Å². The van der Waals surface area contributed by atoms with Gasteiger partial charge in [-0.1, -0.05) is 20.8 Å². The number of thiazole rings is 1. The summed E-state index contributed by atoms with van der Waals surface area (Å²) in [4.78, 5) is 18.4. The van der Waals surface area contributed by atoms with Gasteiger partial charge < -0.3 is 15.3 Å². The van der Waals surface area contributed by atoms with Crippen LogP contribution in [0.25, 0.3) is 0 Å². The Hall–Kier alpha value is -1.14. The summed E-state index contributed by atoms with van der Waals surface area (Å²) >= 11 is 1.68. The van der Waals surface area contributed by atoms with Gasteiger partial charge in [-0.25, -0.2) is 9.78 Å². The molecule has 0 saturated carbocycles. The first-order chi connectivity index (χ1) is 9.91. The van der Waals surface area contributed by atoms with Crippen molar-refractivity contribution in [2.75, 3.05) is 19.7 Å². The number of hydrogen-bond acceptors (Lipinski definition) is 4. The summed E-state index contributed by atoms with van der Waals surface area (Å²) < 4.78 is 0. The van der Waals surface area contributed by atoms with E-state index in [0.29, 0.717) is 6.54 Å². The molecule has 1 aliphatic heterocycles. The molecule has 0 aromatic carbocycles. The van der Waals surface area contributed by atoms with Crippen molar-refractivity contribution >= 4 is 17.4 Å². The second kappa shape index (κ2) is 6.75. The minimum Gasteiger partial charge on any atom is -0.394 e. The van der Waals surface area contributed by atoms with Gasteiger partial charge in [0.1, 0.15) is 0 Å². The molecule has 0 aliphatic carbocycles. The van der Waals surface area contributed by atoms with E-state index in [4.69, 9.17) is 0 Å². The molecule has 1 atom stereocenters. The number of aliphatic hydroxyl groups is 1. The number of rotatable bonds is 4. The zero-order valence-corrected chi connectivity index (χ0v) is 13.9. The highest BCUT2D eigenvalue weighted by atomic mass is 32.1. The van der Waals surface area contributed by atoms with Crippen molar-refractivity contribution in [1.29, 1.82) is 0 Å². The minimum absolute atomic E-state index is 0.0169. The van der Waals surface area contributed by atoms with Gasteiger partial charge in [0.15, 0.2) is 0 Å². The maximum absolute atomic E-state index is 12.1. The molecule has 0 spiro atoms. The number of amides is 2. The van der Waals surface area contributed by atoms with Crippen LogP contribution in [0.2, 0.25) is 0 Å². The summed E-state index contributed by atoms with van der Waals surface area (Å²) in [5.74, 6) is 0. The van der Waals surface area contributed by atoms with Crippen LogP contribution in [0.1, 0.15) is 44.3 Å². The third-order valence-electron chi connectivity index (χ3n) is 3.70. The number of nitrogens with zero attached hydrogens (tertiary/aromatic N) is 2. The van der Waals surface area contributed by atoms with Crippen molar-refractivity contribution in [2.24, 2.45) is 0 Å². The van der Waals surface area contributed by atoms with Crippen LogP contribution in [0.4, 0.5) is 4.79 Å².